The highest BCUT2D eigenvalue weighted by molar-refractivity contribution is 5.78. The minimum atomic E-state index is -0.287. The van der Waals surface area contributed by atoms with Crippen LogP contribution in [0.2, 0.25) is 0 Å². The third-order valence-electron chi connectivity index (χ3n) is 4.63. The van der Waals surface area contributed by atoms with Gasteiger partial charge in [-0.2, -0.15) is 0 Å². The van der Waals surface area contributed by atoms with Crippen LogP contribution in [-0.2, 0) is 9.47 Å². The van der Waals surface area contributed by atoms with Crippen molar-refractivity contribution in [2.45, 2.75) is 44.4 Å². The van der Waals surface area contributed by atoms with E-state index in [4.69, 9.17) is 9.47 Å². The SMILES string of the molecule is Cc1ncnc2c1ccn2C1CCC2(CC1)OCCO2. The first-order chi connectivity index (χ1) is 9.77. The second-order valence-electron chi connectivity index (χ2n) is 5.76. The van der Waals surface area contributed by atoms with E-state index in [9.17, 15) is 0 Å². The van der Waals surface area contributed by atoms with Gasteiger partial charge >= 0.3 is 0 Å². The largest absolute Gasteiger partial charge is 0.348 e. The number of rotatable bonds is 1. The summed E-state index contributed by atoms with van der Waals surface area (Å²) in [5.74, 6) is -0.287. The number of fused-ring (bicyclic) bond motifs is 1. The minimum Gasteiger partial charge on any atom is -0.348 e. The van der Waals surface area contributed by atoms with Crippen molar-refractivity contribution >= 4 is 11.0 Å². The lowest BCUT2D eigenvalue weighted by Crippen LogP contribution is -2.35. The molecule has 3 heterocycles. The molecule has 0 unspecified atom stereocenters. The molecule has 1 saturated carbocycles. The Morgan fingerprint density at radius 2 is 1.95 bits per heavy atom. The van der Waals surface area contributed by atoms with Gasteiger partial charge < -0.3 is 14.0 Å². The van der Waals surface area contributed by atoms with Crippen LogP contribution in [0.1, 0.15) is 37.4 Å². The number of aryl methyl sites for hydroxylation is 1. The standard InChI is InChI=1S/C15H19N3O2/c1-11-13-4-7-18(14(13)17-10-16-11)12-2-5-15(6-3-12)19-8-9-20-15/h4,7,10,12H,2-3,5-6,8-9H2,1H3. The first-order valence-electron chi connectivity index (χ1n) is 7.33. The molecule has 4 rings (SSSR count). The fourth-order valence-electron chi connectivity index (χ4n) is 3.50. The van der Waals surface area contributed by atoms with Crippen molar-refractivity contribution in [1.29, 1.82) is 0 Å². The second-order valence-corrected chi connectivity index (χ2v) is 5.76. The maximum Gasteiger partial charge on any atom is 0.168 e. The normalized spacial score (nSPS) is 22.9. The summed E-state index contributed by atoms with van der Waals surface area (Å²) in [6, 6.07) is 2.61. The predicted molar refractivity (Wildman–Crippen MR) is 74.4 cm³/mol. The number of aromatic nitrogens is 3. The predicted octanol–water partition coefficient (Wildman–Crippen LogP) is 2.60. The number of ether oxygens (including phenoxy) is 2. The number of nitrogens with zero attached hydrogens (tertiary/aromatic N) is 3. The molecule has 0 bridgehead atoms. The van der Waals surface area contributed by atoms with Crippen LogP contribution in [0.15, 0.2) is 18.6 Å². The Morgan fingerprint density at radius 1 is 1.20 bits per heavy atom. The number of hydrogen-bond acceptors (Lipinski definition) is 4. The van der Waals surface area contributed by atoms with Crippen molar-refractivity contribution < 1.29 is 9.47 Å². The molecule has 2 aromatic heterocycles. The van der Waals surface area contributed by atoms with Gasteiger partial charge in [-0.05, 0) is 25.8 Å². The lowest BCUT2D eigenvalue weighted by Gasteiger charge is -2.36. The van der Waals surface area contributed by atoms with E-state index in [1.807, 2.05) is 6.92 Å². The molecule has 0 amide bonds. The van der Waals surface area contributed by atoms with E-state index in [0.717, 1.165) is 55.6 Å². The summed E-state index contributed by atoms with van der Waals surface area (Å²) in [6.07, 6.45) is 7.90. The van der Waals surface area contributed by atoms with E-state index in [2.05, 4.69) is 26.8 Å². The molecule has 1 aliphatic heterocycles. The average molecular weight is 273 g/mol. The van der Waals surface area contributed by atoms with Crippen LogP contribution in [-0.4, -0.2) is 33.5 Å². The van der Waals surface area contributed by atoms with Crippen LogP contribution in [0.3, 0.4) is 0 Å². The lowest BCUT2D eigenvalue weighted by atomic mass is 9.90. The Balaban J connectivity index is 1.60. The van der Waals surface area contributed by atoms with Gasteiger partial charge in [-0.15, -0.1) is 0 Å². The van der Waals surface area contributed by atoms with Crippen molar-refractivity contribution in [3.63, 3.8) is 0 Å². The quantitative estimate of drug-likeness (QED) is 0.801. The topological polar surface area (TPSA) is 49.2 Å². The molecule has 0 N–H and O–H groups in total. The van der Waals surface area contributed by atoms with E-state index < -0.39 is 0 Å². The third kappa shape index (κ3) is 1.84. The maximum absolute atomic E-state index is 5.80. The molecule has 0 radical (unpaired) electrons. The van der Waals surface area contributed by atoms with Crippen molar-refractivity contribution in [2.24, 2.45) is 0 Å². The van der Waals surface area contributed by atoms with Gasteiger partial charge in [-0.25, -0.2) is 9.97 Å². The molecular formula is C15H19N3O2. The minimum absolute atomic E-state index is 0.287. The van der Waals surface area contributed by atoms with E-state index in [0.29, 0.717) is 6.04 Å². The van der Waals surface area contributed by atoms with Crippen LogP contribution in [0.5, 0.6) is 0 Å². The second kappa shape index (κ2) is 4.53. The van der Waals surface area contributed by atoms with Gasteiger partial charge in [-0.1, -0.05) is 0 Å². The highest BCUT2D eigenvalue weighted by atomic mass is 16.7. The summed E-state index contributed by atoms with van der Waals surface area (Å²) in [6.45, 7) is 3.51. The van der Waals surface area contributed by atoms with Gasteiger partial charge in [0.15, 0.2) is 5.79 Å². The van der Waals surface area contributed by atoms with Crippen molar-refractivity contribution in [3.05, 3.63) is 24.3 Å². The Labute approximate surface area is 117 Å². The summed E-state index contributed by atoms with van der Waals surface area (Å²) in [5, 5.41) is 1.15. The fourth-order valence-corrected chi connectivity index (χ4v) is 3.50. The molecular weight excluding hydrogens is 254 g/mol. The van der Waals surface area contributed by atoms with Gasteiger partial charge in [-0.3, -0.25) is 0 Å². The van der Waals surface area contributed by atoms with E-state index in [-0.39, 0.29) is 5.79 Å². The summed E-state index contributed by atoms with van der Waals surface area (Å²) >= 11 is 0. The molecule has 106 valence electrons. The van der Waals surface area contributed by atoms with E-state index >= 15 is 0 Å². The molecule has 2 aromatic rings. The number of hydrogen-bond donors (Lipinski definition) is 0. The van der Waals surface area contributed by atoms with Gasteiger partial charge in [0.05, 0.1) is 18.9 Å². The maximum atomic E-state index is 5.80. The zero-order valence-corrected chi connectivity index (χ0v) is 11.7. The molecule has 0 atom stereocenters. The molecule has 0 aromatic carbocycles. The van der Waals surface area contributed by atoms with Crippen LogP contribution in [0, 0.1) is 6.92 Å². The van der Waals surface area contributed by atoms with Crippen LogP contribution in [0.25, 0.3) is 11.0 Å². The van der Waals surface area contributed by atoms with Crippen LogP contribution < -0.4 is 0 Å². The van der Waals surface area contributed by atoms with Crippen LogP contribution in [0.4, 0.5) is 0 Å². The molecule has 2 fully saturated rings. The first-order valence-corrected chi connectivity index (χ1v) is 7.33. The first kappa shape index (κ1) is 12.3. The third-order valence-corrected chi connectivity index (χ3v) is 4.63. The Kier molecular flexibility index (Phi) is 2.79. The fraction of sp³-hybridized carbons (Fsp3) is 0.600. The monoisotopic (exact) mass is 273 g/mol. The summed E-state index contributed by atoms with van der Waals surface area (Å²) in [7, 11) is 0. The molecule has 20 heavy (non-hydrogen) atoms. The summed E-state index contributed by atoms with van der Waals surface area (Å²) < 4.78 is 13.9. The zero-order valence-electron chi connectivity index (χ0n) is 11.7. The summed E-state index contributed by atoms with van der Waals surface area (Å²) in [5.41, 5.74) is 2.09. The zero-order chi connectivity index (χ0) is 13.6. The van der Waals surface area contributed by atoms with Gasteiger partial charge in [0.2, 0.25) is 0 Å². The molecule has 1 saturated heterocycles. The van der Waals surface area contributed by atoms with Gasteiger partial charge in [0.1, 0.15) is 12.0 Å². The van der Waals surface area contributed by atoms with E-state index in [1.165, 1.54) is 0 Å². The van der Waals surface area contributed by atoms with Gasteiger partial charge in [0.25, 0.3) is 0 Å². The molecule has 5 heteroatoms. The summed E-state index contributed by atoms with van der Waals surface area (Å²) in [4.78, 5) is 8.71. The van der Waals surface area contributed by atoms with Gasteiger partial charge in [0, 0.05) is 30.5 Å². The van der Waals surface area contributed by atoms with E-state index in [1.54, 1.807) is 6.33 Å². The highest BCUT2D eigenvalue weighted by Gasteiger charge is 2.40. The van der Waals surface area contributed by atoms with Crippen molar-refractivity contribution in [1.82, 2.24) is 14.5 Å². The highest BCUT2D eigenvalue weighted by Crippen LogP contribution is 2.41. The van der Waals surface area contributed by atoms with Crippen molar-refractivity contribution in [3.8, 4) is 0 Å². The Hall–Kier alpha value is -1.46. The Morgan fingerprint density at radius 3 is 2.70 bits per heavy atom. The molecule has 1 spiro atoms. The lowest BCUT2D eigenvalue weighted by molar-refractivity contribution is -0.181. The molecule has 5 nitrogen and oxygen atoms in total. The van der Waals surface area contributed by atoms with Crippen LogP contribution >= 0.6 is 0 Å². The van der Waals surface area contributed by atoms with Crippen molar-refractivity contribution in [2.75, 3.05) is 13.2 Å². The Bertz CT molecular complexity index is 621. The molecule has 2 aliphatic rings. The molecule has 1 aliphatic carbocycles. The smallest absolute Gasteiger partial charge is 0.168 e. The average Bonchev–Trinajstić information content (AvgIpc) is 3.09.